The van der Waals surface area contributed by atoms with E-state index in [2.05, 4.69) is 20.9 Å². The first kappa shape index (κ1) is 13.5. The van der Waals surface area contributed by atoms with Gasteiger partial charge >= 0.3 is 0 Å². The van der Waals surface area contributed by atoms with Gasteiger partial charge in [-0.15, -0.1) is 11.3 Å². The van der Waals surface area contributed by atoms with Gasteiger partial charge in [0.1, 0.15) is 11.6 Å². The molecule has 4 nitrogen and oxygen atoms in total. The molecule has 0 bridgehead atoms. The van der Waals surface area contributed by atoms with Gasteiger partial charge in [0, 0.05) is 18.0 Å². The second-order valence-corrected chi connectivity index (χ2v) is 5.86. The zero-order valence-electron chi connectivity index (χ0n) is 10.3. The molecule has 0 saturated carbocycles. The number of hydrogen-bond donors (Lipinski definition) is 1. The number of nitrogens with two attached hydrogens (primary N) is 1. The van der Waals surface area contributed by atoms with Crippen LogP contribution in [0.3, 0.4) is 0 Å². The van der Waals surface area contributed by atoms with E-state index in [-0.39, 0.29) is 5.82 Å². The van der Waals surface area contributed by atoms with Gasteiger partial charge < -0.3 is 10.5 Å². The lowest BCUT2D eigenvalue weighted by atomic mass is 10.3. The fourth-order valence-electron chi connectivity index (χ4n) is 1.91. The Morgan fingerprint density at radius 2 is 2.30 bits per heavy atom. The highest BCUT2D eigenvalue weighted by Crippen LogP contribution is 2.30. The number of ether oxygens (including phenoxy) is 1. The smallest absolute Gasteiger partial charge is 0.242 e. The van der Waals surface area contributed by atoms with E-state index in [0.29, 0.717) is 29.1 Å². The van der Waals surface area contributed by atoms with E-state index in [1.807, 2.05) is 16.0 Å². The number of imidazole rings is 1. The Morgan fingerprint density at radius 3 is 3.05 bits per heavy atom. The van der Waals surface area contributed by atoms with Gasteiger partial charge in [-0.1, -0.05) is 0 Å². The second kappa shape index (κ2) is 5.51. The number of aromatic nitrogens is 2. The van der Waals surface area contributed by atoms with E-state index in [9.17, 15) is 4.39 Å². The van der Waals surface area contributed by atoms with Crippen molar-refractivity contribution in [2.75, 3.05) is 6.54 Å². The van der Waals surface area contributed by atoms with Crippen molar-refractivity contribution in [1.82, 2.24) is 9.38 Å². The topological polar surface area (TPSA) is 52.5 Å². The molecular formula is C13H11BrFN3OS. The molecule has 0 spiro atoms. The first-order valence-corrected chi connectivity index (χ1v) is 7.63. The average Bonchev–Trinajstić information content (AvgIpc) is 2.98. The molecule has 0 atom stereocenters. The van der Waals surface area contributed by atoms with Crippen LogP contribution in [-0.2, 0) is 6.42 Å². The first-order valence-electron chi connectivity index (χ1n) is 5.96. The monoisotopic (exact) mass is 355 g/mol. The normalized spacial score (nSPS) is 11.2. The highest BCUT2D eigenvalue weighted by atomic mass is 79.9. The molecule has 104 valence electrons. The molecular weight excluding hydrogens is 345 g/mol. The zero-order chi connectivity index (χ0) is 14.1. The first-order chi connectivity index (χ1) is 9.69. The van der Waals surface area contributed by atoms with Crippen molar-refractivity contribution in [2.24, 2.45) is 5.73 Å². The van der Waals surface area contributed by atoms with Gasteiger partial charge in [-0.3, -0.25) is 4.40 Å². The summed E-state index contributed by atoms with van der Waals surface area (Å²) in [6.07, 6.45) is 2.60. The Labute approximate surface area is 127 Å². The summed E-state index contributed by atoms with van der Waals surface area (Å²) in [5.41, 5.74) is 6.56. The van der Waals surface area contributed by atoms with Crippen LogP contribution in [0.15, 0.2) is 34.2 Å². The van der Waals surface area contributed by atoms with Crippen LogP contribution in [0.2, 0.25) is 0 Å². The van der Waals surface area contributed by atoms with Crippen molar-refractivity contribution in [3.63, 3.8) is 0 Å². The molecule has 7 heteroatoms. The molecule has 0 unspecified atom stereocenters. The molecule has 2 heterocycles. The van der Waals surface area contributed by atoms with E-state index < -0.39 is 0 Å². The Morgan fingerprint density at radius 1 is 1.45 bits per heavy atom. The Kier molecular flexibility index (Phi) is 3.73. The number of benzene rings is 1. The molecule has 3 aromatic rings. The summed E-state index contributed by atoms with van der Waals surface area (Å²) in [5, 5.41) is 1.96. The maximum absolute atomic E-state index is 13.2. The van der Waals surface area contributed by atoms with E-state index in [0.717, 1.165) is 10.7 Å². The Balaban J connectivity index is 1.98. The fraction of sp³-hybridized carbons (Fsp3) is 0.154. The lowest BCUT2D eigenvalue weighted by molar-refractivity contribution is 0.457. The van der Waals surface area contributed by atoms with Gasteiger partial charge in [0.15, 0.2) is 4.96 Å². The lowest BCUT2D eigenvalue weighted by Gasteiger charge is -2.06. The van der Waals surface area contributed by atoms with Gasteiger partial charge in [0.05, 0.1) is 10.2 Å². The minimum Gasteiger partial charge on any atom is -0.437 e. The van der Waals surface area contributed by atoms with Gasteiger partial charge in [-0.25, -0.2) is 4.39 Å². The van der Waals surface area contributed by atoms with Crippen molar-refractivity contribution in [1.29, 1.82) is 0 Å². The van der Waals surface area contributed by atoms with Crippen LogP contribution in [0.4, 0.5) is 4.39 Å². The van der Waals surface area contributed by atoms with E-state index in [1.54, 1.807) is 12.1 Å². The molecule has 20 heavy (non-hydrogen) atoms. The molecule has 1 aromatic carbocycles. The maximum Gasteiger partial charge on any atom is 0.242 e. The van der Waals surface area contributed by atoms with E-state index in [4.69, 9.17) is 10.5 Å². The van der Waals surface area contributed by atoms with Crippen LogP contribution in [0, 0.1) is 5.82 Å². The quantitative estimate of drug-likeness (QED) is 0.777. The minimum absolute atomic E-state index is 0.328. The van der Waals surface area contributed by atoms with Crippen molar-refractivity contribution >= 4 is 32.2 Å². The summed E-state index contributed by atoms with van der Waals surface area (Å²) in [4.78, 5) is 5.28. The molecule has 3 rings (SSSR count). The van der Waals surface area contributed by atoms with E-state index >= 15 is 0 Å². The van der Waals surface area contributed by atoms with Gasteiger partial charge in [-0.2, -0.15) is 4.98 Å². The van der Waals surface area contributed by atoms with Crippen LogP contribution in [0.5, 0.6) is 11.6 Å². The fourth-order valence-corrected chi connectivity index (χ4v) is 2.99. The third kappa shape index (κ3) is 2.44. The van der Waals surface area contributed by atoms with Crippen LogP contribution >= 0.6 is 27.3 Å². The minimum atomic E-state index is -0.328. The molecule has 0 amide bonds. The number of halogens is 2. The van der Waals surface area contributed by atoms with Crippen LogP contribution in [0.25, 0.3) is 4.96 Å². The second-order valence-electron chi connectivity index (χ2n) is 4.14. The molecule has 2 aromatic heterocycles. The number of rotatable bonds is 4. The Bertz CT molecular complexity index is 755. The number of nitrogens with zero attached hydrogens (tertiary/aromatic N) is 2. The summed E-state index contributed by atoms with van der Waals surface area (Å²) in [6.45, 7) is 0.507. The third-order valence-corrected chi connectivity index (χ3v) is 4.18. The number of fused-ring (bicyclic) bond motifs is 1. The predicted octanol–water partition coefficient (Wildman–Crippen LogP) is 3.59. The molecule has 0 aliphatic carbocycles. The van der Waals surface area contributed by atoms with E-state index in [1.165, 1.54) is 17.4 Å². The molecule has 0 aliphatic heterocycles. The molecule has 2 N–H and O–H groups in total. The number of hydrogen-bond acceptors (Lipinski definition) is 4. The van der Waals surface area contributed by atoms with Crippen LogP contribution in [-0.4, -0.2) is 15.9 Å². The van der Waals surface area contributed by atoms with Crippen LogP contribution < -0.4 is 10.5 Å². The molecule has 0 fully saturated rings. The van der Waals surface area contributed by atoms with Crippen LogP contribution in [0.1, 0.15) is 5.69 Å². The third-order valence-electron chi connectivity index (χ3n) is 2.81. The summed E-state index contributed by atoms with van der Waals surface area (Å²) >= 11 is 4.66. The van der Waals surface area contributed by atoms with Gasteiger partial charge in [-0.05, 0) is 40.7 Å². The molecule has 0 saturated heterocycles. The largest absolute Gasteiger partial charge is 0.437 e. The number of thiazole rings is 1. The average molecular weight is 356 g/mol. The van der Waals surface area contributed by atoms with Gasteiger partial charge in [0.2, 0.25) is 5.88 Å². The van der Waals surface area contributed by atoms with Crippen molar-refractivity contribution in [2.45, 2.75) is 6.42 Å². The summed E-state index contributed by atoms with van der Waals surface area (Å²) in [5.74, 6) is 0.716. The molecule has 0 aliphatic rings. The highest BCUT2D eigenvalue weighted by Gasteiger charge is 2.15. The Hall–Kier alpha value is -1.44. The van der Waals surface area contributed by atoms with Crippen molar-refractivity contribution in [3.05, 3.63) is 45.8 Å². The lowest BCUT2D eigenvalue weighted by Crippen LogP contribution is -2.05. The summed E-state index contributed by atoms with van der Waals surface area (Å²) in [6, 6.07) is 4.50. The highest BCUT2D eigenvalue weighted by molar-refractivity contribution is 9.10. The molecule has 0 radical (unpaired) electrons. The van der Waals surface area contributed by atoms with Gasteiger partial charge in [0.25, 0.3) is 0 Å². The SMILES string of the molecule is NCCc1c(Oc2ccc(F)c(Br)c2)nc2sccn12. The summed E-state index contributed by atoms with van der Waals surface area (Å²) in [7, 11) is 0. The predicted molar refractivity (Wildman–Crippen MR) is 80.0 cm³/mol. The van der Waals surface area contributed by atoms with Crippen molar-refractivity contribution < 1.29 is 9.13 Å². The zero-order valence-corrected chi connectivity index (χ0v) is 12.7. The summed E-state index contributed by atoms with van der Waals surface area (Å²) < 4.78 is 21.3. The van der Waals surface area contributed by atoms with Crippen molar-refractivity contribution in [3.8, 4) is 11.6 Å². The maximum atomic E-state index is 13.2. The standard InChI is InChI=1S/C13H11BrFN3OS/c14-9-7-8(1-2-10(9)15)19-12-11(3-4-16)18-5-6-20-13(18)17-12/h1-2,5-7H,3-4,16H2.